The molecule has 0 bridgehead atoms. The topological polar surface area (TPSA) is 84.9 Å². The molecule has 6 nitrogen and oxygen atoms in total. The number of nitrogens with one attached hydrogen (secondary N) is 1. The van der Waals surface area contributed by atoms with Gasteiger partial charge in [0, 0.05) is 40.3 Å². The van der Waals surface area contributed by atoms with E-state index in [9.17, 15) is 0 Å². The Morgan fingerprint density at radius 1 is 0.920 bits per heavy atom. The maximum Gasteiger partial charge on any atom is 0.138 e. The van der Waals surface area contributed by atoms with Gasteiger partial charge in [-0.3, -0.25) is 0 Å². The van der Waals surface area contributed by atoms with Crippen molar-refractivity contribution in [2.75, 3.05) is 5.73 Å². The lowest BCUT2D eigenvalue weighted by atomic mass is 10.0. The van der Waals surface area contributed by atoms with Crippen LogP contribution in [0.5, 0.6) is 0 Å². The summed E-state index contributed by atoms with van der Waals surface area (Å²) in [6.07, 6.45) is 5.36. The van der Waals surface area contributed by atoms with Crippen LogP contribution in [0.3, 0.4) is 0 Å². The molecule has 0 unspecified atom stereocenters. The van der Waals surface area contributed by atoms with Crippen LogP contribution in [0.4, 0.5) is 5.69 Å². The largest absolute Gasteiger partial charge is 0.399 e. The lowest BCUT2D eigenvalue weighted by Gasteiger charge is -2.00. The van der Waals surface area contributed by atoms with Crippen molar-refractivity contribution in [3.8, 4) is 22.4 Å². The van der Waals surface area contributed by atoms with Crippen LogP contribution in [-0.2, 0) is 0 Å². The molecule has 0 atom stereocenters. The highest BCUT2D eigenvalue weighted by atomic mass is 15.4. The molecule has 0 spiro atoms. The number of nitrogens with two attached hydrogens (primary N) is 1. The summed E-state index contributed by atoms with van der Waals surface area (Å²) < 4.78 is 1.63. The fourth-order valence-electron chi connectivity index (χ4n) is 3.16. The zero-order valence-corrected chi connectivity index (χ0v) is 13.2. The number of H-pyrrole nitrogens is 1. The van der Waals surface area contributed by atoms with Crippen molar-refractivity contribution in [2.45, 2.75) is 0 Å². The summed E-state index contributed by atoms with van der Waals surface area (Å²) in [5.74, 6) is 0. The molecule has 0 saturated heterocycles. The number of hydrogen-bond acceptors (Lipinski definition) is 4. The quantitative estimate of drug-likeness (QED) is 0.486. The van der Waals surface area contributed by atoms with Crippen molar-refractivity contribution in [3.63, 3.8) is 0 Å². The normalized spacial score (nSPS) is 11.4. The lowest BCUT2D eigenvalue weighted by Crippen LogP contribution is -1.90. The Morgan fingerprint density at radius 3 is 2.80 bits per heavy atom. The van der Waals surface area contributed by atoms with E-state index in [1.54, 1.807) is 17.0 Å². The molecule has 0 aliphatic rings. The standard InChI is InChI=1S/C19H14N6/c20-13-4-1-3-12(9-13)17-10-15-14(6-8-21-19(15)24-17)16-11-23-25-18(16)5-2-7-22-25/h1-11H,20H2,(H,21,24). The van der Waals surface area contributed by atoms with Gasteiger partial charge < -0.3 is 10.7 Å². The number of rotatable bonds is 2. The summed E-state index contributed by atoms with van der Waals surface area (Å²) in [6.45, 7) is 0. The molecule has 0 aliphatic heterocycles. The zero-order valence-electron chi connectivity index (χ0n) is 13.2. The van der Waals surface area contributed by atoms with Crippen molar-refractivity contribution in [1.29, 1.82) is 0 Å². The molecule has 3 N–H and O–H groups in total. The van der Waals surface area contributed by atoms with Crippen LogP contribution in [0.15, 0.2) is 67.1 Å². The number of nitrogens with zero attached hydrogens (tertiary/aromatic N) is 4. The molecule has 0 fully saturated rings. The van der Waals surface area contributed by atoms with Gasteiger partial charge in [-0.15, -0.1) is 0 Å². The Kier molecular flexibility index (Phi) is 2.84. The summed E-state index contributed by atoms with van der Waals surface area (Å²) in [6, 6.07) is 15.8. The predicted molar refractivity (Wildman–Crippen MR) is 97.9 cm³/mol. The van der Waals surface area contributed by atoms with Crippen LogP contribution >= 0.6 is 0 Å². The molecule has 0 aliphatic carbocycles. The average molecular weight is 326 g/mol. The smallest absolute Gasteiger partial charge is 0.138 e. The molecular formula is C19H14N6. The second-order valence-electron chi connectivity index (χ2n) is 5.89. The molecule has 0 saturated carbocycles. The lowest BCUT2D eigenvalue weighted by molar-refractivity contribution is 0.800. The second-order valence-corrected chi connectivity index (χ2v) is 5.89. The van der Waals surface area contributed by atoms with E-state index in [-0.39, 0.29) is 0 Å². The van der Waals surface area contributed by atoms with E-state index in [0.717, 1.165) is 44.6 Å². The number of pyridine rings is 1. The molecule has 4 aromatic heterocycles. The Morgan fingerprint density at radius 2 is 1.88 bits per heavy atom. The highest BCUT2D eigenvalue weighted by Gasteiger charge is 2.13. The minimum absolute atomic E-state index is 0.734. The first-order valence-corrected chi connectivity index (χ1v) is 7.93. The highest BCUT2D eigenvalue weighted by Crippen LogP contribution is 2.33. The molecule has 6 heteroatoms. The van der Waals surface area contributed by atoms with Crippen molar-refractivity contribution in [2.24, 2.45) is 0 Å². The Bertz CT molecular complexity index is 1220. The minimum atomic E-state index is 0.734. The van der Waals surface area contributed by atoms with Gasteiger partial charge in [0.05, 0.1) is 11.7 Å². The maximum absolute atomic E-state index is 5.91. The predicted octanol–water partition coefficient (Wildman–Crippen LogP) is 3.52. The van der Waals surface area contributed by atoms with Crippen LogP contribution < -0.4 is 5.73 Å². The van der Waals surface area contributed by atoms with Gasteiger partial charge in [-0.1, -0.05) is 12.1 Å². The summed E-state index contributed by atoms with van der Waals surface area (Å²) in [5, 5.41) is 9.62. The SMILES string of the molecule is Nc1cccc(-c2cc3c(-c4cnn5ncccc45)ccnc3[nH]2)c1. The Labute approximate surface area is 142 Å². The van der Waals surface area contributed by atoms with E-state index in [2.05, 4.69) is 26.2 Å². The molecule has 120 valence electrons. The van der Waals surface area contributed by atoms with Crippen molar-refractivity contribution >= 4 is 22.2 Å². The van der Waals surface area contributed by atoms with Gasteiger partial charge in [0.2, 0.25) is 0 Å². The van der Waals surface area contributed by atoms with Crippen LogP contribution in [0.1, 0.15) is 0 Å². The van der Waals surface area contributed by atoms with Crippen LogP contribution in [0.25, 0.3) is 38.9 Å². The molecule has 5 rings (SSSR count). The fourth-order valence-corrected chi connectivity index (χ4v) is 3.16. The van der Waals surface area contributed by atoms with E-state index in [0.29, 0.717) is 0 Å². The number of aromatic nitrogens is 5. The third kappa shape index (κ3) is 2.15. The monoisotopic (exact) mass is 326 g/mol. The van der Waals surface area contributed by atoms with Gasteiger partial charge in [-0.05, 0) is 42.0 Å². The van der Waals surface area contributed by atoms with Crippen molar-refractivity contribution in [1.82, 2.24) is 24.8 Å². The summed E-state index contributed by atoms with van der Waals surface area (Å²) in [4.78, 5) is 7.85. The number of nitrogen functional groups attached to an aromatic ring is 1. The Balaban J connectivity index is 1.75. The number of aromatic amines is 1. The van der Waals surface area contributed by atoms with E-state index in [1.165, 1.54) is 0 Å². The van der Waals surface area contributed by atoms with Crippen molar-refractivity contribution < 1.29 is 0 Å². The van der Waals surface area contributed by atoms with E-state index < -0.39 is 0 Å². The van der Waals surface area contributed by atoms with E-state index >= 15 is 0 Å². The summed E-state index contributed by atoms with van der Waals surface area (Å²) in [7, 11) is 0. The number of benzene rings is 1. The first kappa shape index (κ1) is 13.7. The molecule has 4 heterocycles. The molecular weight excluding hydrogens is 312 g/mol. The van der Waals surface area contributed by atoms with Crippen LogP contribution in [0.2, 0.25) is 0 Å². The number of anilines is 1. The van der Waals surface area contributed by atoms with Gasteiger partial charge in [0.1, 0.15) is 5.65 Å². The van der Waals surface area contributed by atoms with E-state index in [4.69, 9.17) is 5.73 Å². The van der Waals surface area contributed by atoms with Gasteiger partial charge >= 0.3 is 0 Å². The number of fused-ring (bicyclic) bond motifs is 2. The molecule has 0 radical (unpaired) electrons. The fraction of sp³-hybridized carbons (Fsp3) is 0. The summed E-state index contributed by atoms with van der Waals surface area (Å²) in [5.41, 5.74) is 12.5. The first-order chi connectivity index (χ1) is 12.3. The zero-order chi connectivity index (χ0) is 16.8. The van der Waals surface area contributed by atoms with Gasteiger partial charge in [0.25, 0.3) is 0 Å². The average Bonchev–Trinajstić information content (AvgIpc) is 3.26. The van der Waals surface area contributed by atoms with Crippen molar-refractivity contribution in [3.05, 3.63) is 67.1 Å². The minimum Gasteiger partial charge on any atom is -0.399 e. The molecule has 1 aromatic carbocycles. The van der Waals surface area contributed by atoms with E-state index in [1.807, 2.05) is 48.7 Å². The van der Waals surface area contributed by atoms with Crippen LogP contribution in [-0.4, -0.2) is 24.8 Å². The number of hydrogen-bond donors (Lipinski definition) is 2. The molecule has 0 amide bonds. The third-order valence-corrected chi connectivity index (χ3v) is 4.32. The third-order valence-electron chi connectivity index (χ3n) is 4.32. The van der Waals surface area contributed by atoms with Crippen LogP contribution in [0, 0.1) is 0 Å². The van der Waals surface area contributed by atoms with Gasteiger partial charge in [-0.25, -0.2) is 4.98 Å². The second kappa shape index (κ2) is 5.17. The molecule has 5 aromatic rings. The maximum atomic E-state index is 5.91. The van der Waals surface area contributed by atoms with Gasteiger partial charge in [0.15, 0.2) is 0 Å². The molecule has 25 heavy (non-hydrogen) atoms. The Hall–Kier alpha value is -3.67. The first-order valence-electron chi connectivity index (χ1n) is 7.93. The summed E-state index contributed by atoms with van der Waals surface area (Å²) >= 11 is 0. The highest BCUT2D eigenvalue weighted by molar-refractivity contribution is 5.99. The van der Waals surface area contributed by atoms with Gasteiger partial charge in [-0.2, -0.15) is 14.8 Å².